The first kappa shape index (κ1) is 24.2. The van der Waals surface area contributed by atoms with E-state index < -0.39 is 32.8 Å². The Morgan fingerprint density at radius 3 is 2.44 bits per heavy atom. The van der Waals surface area contributed by atoms with Crippen LogP contribution >= 0.6 is 0 Å². The van der Waals surface area contributed by atoms with Crippen LogP contribution in [0.25, 0.3) is 11.1 Å². The van der Waals surface area contributed by atoms with Crippen molar-refractivity contribution in [2.75, 3.05) is 6.61 Å². The number of carbonyl (C=O) groups excluding carboxylic acids is 1. The van der Waals surface area contributed by atoms with Crippen molar-refractivity contribution in [3.05, 3.63) is 77.5 Å². The van der Waals surface area contributed by atoms with Gasteiger partial charge in [-0.15, -0.1) is 0 Å². The third kappa shape index (κ3) is 5.81. The molecule has 2 aliphatic carbocycles. The normalized spacial score (nSPS) is 15.4. The zero-order valence-electron chi connectivity index (χ0n) is 19.2. The van der Waals surface area contributed by atoms with Crippen LogP contribution in [-0.2, 0) is 16.6 Å². The number of carbonyl (C=O) groups is 1. The third-order valence-corrected chi connectivity index (χ3v) is 7.88. The molecule has 0 spiro atoms. The summed E-state index contributed by atoms with van der Waals surface area (Å²) in [5.74, 6) is -0.667. The molecule has 36 heavy (non-hydrogen) atoms. The monoisotopic (exact) mass is 514 g/mol. The number of rotatable bonds is 10. The van der Waals surface area contributed by atoms with E-state index in [1.807, 2.05) is 4.72 Å². The van der Waals surface area contributed by atoms with E-state index in [2.05, 4.69) is 4.98 Å². The minimum absolute atomic E-state index is 0.110. The standard InChI is InChI=1S/C26H24F2N2O5S/c27-23-9-6-20(12-22(23)18-5-10-25(29-13-18)35-14-16-1-2-16)34-15-19-4-3-17(11-24(19)28)26(31)30-36(32,33)21-7-8-21/h3-6,9-13,16,21H,1-2,7-8,14-15H2,(H,30,31). The van der Waals surface area contributed by atoms with Crippen molar-refractivity contribution in [1.29, 1.82) is 0 Å². The quantitative estimate of drug-likeness (QED) is 0.425. The van der Waals surface area contributed by atoms with Gasteiger partial charge in [0.1, 0.15) is 24.0 Å². The van der Waals surface area contributed by atoms with E-state index in [0.29, 0.717) is 42.6 Å². The second kappa shape index (κ2) is 9.85. The van der Waals surface area contributed by atoms with Gasteiger partial charge in [-0.05, 0) is 68.0 Å². The van der Waals surface area contributed by atoms with Gasteiger partial charge < -0.3 is 9.47 Å². The van der Waals surface area contributed by atoms with Crippen molar-refractivity contribution in [2.45, 2.75) is 37.5 Å². The Hall–Kier alpha value is -3.53. The SMILES string of the molecule is O=C(NS(=O)(=O)C1CC1)c1ccc(COc2ccc(F)c(-c3ccc(OCC4CC4)nc3)c2)c(F)c1. The van der Waals surface area contributed by atoms with Gasteiger partial charge in [-0.3, -0.25) is 4.79 Å². The van der Waals surface area contributed by atoms with E-state index in [1.54, 1.807) is 12.1 Å². The first-order valence-electron chi connectivity index (χ1n) is 11.6. The Morgan fingerprint density at radius 1 is 0.972 bits per heavy atom. The maximum absolute atomic E-state index is 14.6. The number of ether oxygens (including phenoxy) is 2. The first-order chi connectivity index (χ1) is 17.3. The number of aromatic nitrogens is 1. The molecular weight excluding hydrogens is 490 g/mol. The fraction of sp³-hybridized carbons (Fsp3) is 0.308. The Labute approximate surface area is 207 Å². The molecule has 0 atom stereocenters. The van der Waals surface area contributed by atoms with Gasteiger partial charge in [0, 0.05) is 34.5 Å². The summed E-state index contributed by atoms with van der Waals surface area (Å²) in [7, 11) is -3.73. The molecule has 0 bridgehead atoms. The summed E-state index contributed by atoms with van der Waals surface area (Å²) in [6, 6.07) is 11.2. The molecule has 1 heterocycles. The van der Waals surface area contributed by atoms with Crippen LogP contribution in [-0.4, -0.2) is 31.2 Å². The van der Waals surface area contributed by atoms with Gasteiger partial charge in [0.2, 0.25) is 15.9 Å². The van der Waals surface area contributed by atoms with Crippen LogP contribution in [0.3, 0.4) is 0 Å². The lowest BCUT2D eigenvalue weighted by atomic mass is 10.1. The van der Waals surface area contributed by atoms with E-state index in [-0.39, 0.29) is 23.3 Å². The van der Waals surface area contributed by atoms with Gasteiger partial charge in [-0.1, -0.05) is 6.07 Å². The molecule has 0 unspecified atom stereocenters. The molecule has 1 N–H and O–H groups in total. The first-order valence-corrected chi connectivity index (χ1v) is 13.2. The number of sulfonamides is 1. The van der Waals surface area contributed by atoms with Crippen LogP contribution in [0.4, 0.5) is 8.78 Å². The Balaban J connectivity index is 1.23. The van der Waals surface area contributed by atoms with Crippen LogP contribution in [0, 0.1) is 17.6 Å². The van der Waals surface area contributed by atoms with E-state index >= 15 is 0 Å². The molecule has 2 saturated carbocycles. The number of benzene rings is 2. The van der Waals surface area contributed by atoms with Gasteiger partial charge in [0.15, 0.2) is 0 Å². The van der Waals surface area contributed by atoms with Gasteiger partial charge in [-0.25, -0.2) is 26.9 Å². The van der Waals surface area contributed by atoms with E-state index in [0.717, 1.165) is 6.07 Å². The maximum atomic E-state index is 14.6. The molecule has 0 radical (unpaired) electrons. The highest BCUT2D eigenvalue weighted by Crippen LogP contribution is 2.31. The summed E-state index contributed by atoms with van der Waals surface area (Å²) in [5, 5.41) is -0.561. The summed E-state index contributed by atoms with van der Waals surface area (Å²) in [4.78, 5) is 16.4. The van der Waals surface area contributed by atoms with Crippen molar-refractivity contribution < 1.29 is 31.5 Å². The molecule has 2 aromatic carbocycles. The molecule has 188 valence electrons. The van der Waals surface area contributed by atoms with Crippen LogP contribution in [0.1, 0.15) is 41.6 Å². The lowest BCUT2D eigenvalue weighted by molar-refractivity contribution is 0.0980. The van der Waals surface area contributed by atoms with Gasteiger partial charge in [-0.2, -0.15) is 0 Å². The molecular formula is C26H24F2N2O5S. The molecule has 0 aliphatic heterocycles. The van der Waals surface area contributed by atoms with Crippen molar-refractivity contribution in [3.8, 4) is 22.8 Å². The van der Waals surface area contributed by atoms with Crippen LogP contribution in [0.5, 0.6) is 11.6 Å². The van der Waals surface area contributed by atoms with E-state index in [9.17, 15) is 22.0 Å². The number of hydrogen-bond acceptors (Lipinski definition) is 6. The third-order valence-electron chi connectivity index (χ3n) is 6.06. The number of hydrogen-bond donors (Lipinski definition) is 1. The topological polar surface area (TPSA) is 94.6 Å². The molecule has 3 aromatic rings. The maximum Gasteiger partial charge on any atom is 0.264 e. The predicted octanol–water partition coefficient (Wildman–Crippen LogP) is 4.62. The highest BCUT2D eigenvalue weighted by Gasteiger charge is 2.37. The fourth-order valence-corrected chi connectivity index (χ4v) is 4.84. The van der Waals surface area contributed by atoms with Crippen molar-refractivity contribution >= 4 is 15.9 Å². The summed E-state index contributed by atoms with van der Waals surface area (Å²) in [6.45, 7) is 0.456. The van der Waals surface area contributed by atoms with Crippen molar-refractivity contribution in [3.63, 3.8) is 0 Å². The Morgan fingerprint density at radius 2 is 1.78 bits per heavy atom. The van der Waals surface area contributed by atoms with E-state index in [1.165, 1.54) is 49.4 Å². The average molecular weight is 515 g/mol. The van der Waals surface area contributed by atoms with Gasteiger partial charge in [0.05, 0.1) is 11.9 Å². The average Bonchev–Trinajstić information content (AvgIpc) is 3.76. The predicted molar refractivity (Wildman–Crippen MR) is 128 cm³/mol. The van der Waals surface area contributed by atoms with Gasteiger partial charge in [0.25, 0.3) is 5.91 Å². The second-order valence-corrected chi connectivity index (χ2v) is 11.0. The molecule has 10 heteroatoms. The molecule has 2 fully saturated rings. The molecule has 7 nitrogen and oxygen atoms in total. The number of amides is 1. The molecule has 0 saturated heterocycles. The van der Waals surface area contributed by atoms with Crippen LogP contribution in [0.2, 0.25) is 0 Å². The second-order valence-electron chi connectivity index (χ2n) is 9.05. The zero-order chi connectivity index (χ0) is 25.3. The minimum Gasteiger partial charge on any atom is -0.489 e. The van der Waals surface area contributed by atoms with E-state index in [4.69, 9.17) is 9.47 Å². The summed E-state index contributed by atoms with van der Waals surface area (Å²) in [5.41, 5.74) is 0.862. The summed E-state index contributed by atoms with van der Waals surface area (Å²) in [6.07, 6.45) is 4.88. The Kier molecular flexibility index (Phi) is 6.61. The van der Waals surface area contributed by atoms with Crippen molar-refractivity contribution in [1.82, 2.24) is 9.71 Å². The zero-order valence-corrected chi connectivity index (χ0v) is 20.1. The number of pyridine rings is 1. The fourth-order valence-electron chi connectivity index (χ4n) is 3.54. The Bertz CT molecular complexity index is 1390. The smallest absolute Gasteiger partial charge is 0.264 e. The number of nitrogens with zero attached hydrogens (tertiary/aromatic N) is 1. The lowest BCUT2D eigenvalue weighted by Gasteiger charge is -2.11. The highest BCUT2D eigenvalue weighted by atomic mass is 32.2. The molecule has 2 aliphatic rings. The molecule has 1 amide bonds. The lowest BCUT2D eigenvalue weighted by Crippen LogP contribution is -2.33. The summed E-state index contributed by atoms with van der Waals surface area (Å²) >= 11 is 0. The van der Waals surface area contributed by atoms with Crippen LogP contribution < -0.4 is 14.2 Å². The largest absolute Gasteiger partial charge is 0.489 e. The van der Waals surface area contributed by atoms with Crippen LogP contribution in [0.15, 0.2) is 54.7 Å². The molecule has 5 rings (SSSR count). The highest BCUT2D eigenvalue weighted by molar-refractivity contribution is 7.91. The summed E-state index contributed by atoms with van der Waals surface area (Å²) < 4.78 is 66.2. The van der Waals surface area contributed by atoms with Crippen molar-refractivity contribution in [2.24, 2.45) is 5.92 Å². The molecule has 1 aromatic heterocycles. The minimum atomic E-state index is -3.73. The number of halogens is 2. The number of nitrogens with one attached hydrogen (secondary N) is 1. The van der Waals surface area contributed by atoms with Gasteiger partial charge >= 0.3 is 0 Å².